The van der Waals surface area contributed by atoms with Crippen LogP contribution in [0.2, 0.25) is 0 Å². The van der Waals surface area contributed by atoms with Gasteiger partial charge in [0, 0.05) is 11.1 Å². The van der Waals surface area contributed by atoms with Crippen molar-refractivity contribution < 1.29 is 9.59 Å². The fourth-order valence-corrected chi connectivity index (χ4v) is 5.93. The zero-order valence-corrected chi connectivity index (χ0v) is 15.2. The van der Waals surface area contributed by atoms with Gasteiger partial charge in [0.1, 0.15) is 0 Å². The van der Waals surface area contributed by atoms with Gasteiger partial charge in [-0.1, -0.05) is 18.2 Å². The van der Waals surface area contributed by atoms with E-state index in [2.05, 4.69) is 10.6 Å². The zero-order chi connectivity index (χ0) is 17.6. The standard InChI is InChI=1S/C21H28N2O2/c1-13-4-3-5-14(2)19(13)23-18(24)12-22-20(25)21-9-15-6-16(10-21)8-17(7-15)11-21/h3-5,15-17H,6-12H2,1-2H3,(H,22,25)(H,23,24). The normalized spacial score (nSPS) is 32.5. The first-order valence-electron chi connectivity index (χ1n) is 9.59. The lowest BCUT2D eigenvalue weighted by molar-refractivity contribution is -0.146. The molecule has 0 aliphatic heterocycles. The minimum absolute atomic E-state index is 0.0638. The first-order chi connectivity index (χ1) is 11.9. The van der Waals surface area contributed by atoms with Crippen LogP contribution in [0.3, 0.4) is 0 Å². The molecule has 4 aliphatic carbocycles. The number of hydrogen-bond acceptors (Lipinski definition) is 2. The molecule has 4 bridgehead atoms. The Morgan fingerprint density at radius 3 is 2.04 bits per heavy atom. The number of benzene rings is 1. The number of para-hydroxylation sites is 1. The summed E-state index contributed by atoms with van der Waals surface area (Å²) in [6.45, 7) is 4.03. The minimum Gasteiger partial charge on any atom is -0.347 e. The van der Waals surface area contributed by atoms with Crippen molar-refractivity contribution in [1.82, 2.24) is 5.32 Å². The molecule has 5 rings (SSSR count). The molecule has 0 radical (unpaired) electrons. The largest absolute Gasteiger partial charge is 0.347 e. The van der Waals surface area contributed by atoms with Crippen molar-refractivity contribution >= 4 is 17.5 Å². The summed E-state index contributed by atoms with van der Waals surface area (Å²) in [6.07, 6.45) is 7.05. The van der Waals surface area contributed by atoms with Crippen molar-refractivity contribution in [2.45, 2.75) is 52.4 Å². The van der Waals surface area contributed by atoms with Crippen LogP contribution in [0, 0.1) is 37.0 Å². The molecule has 4 nitrogen and oxygen atoms in total. The van der Waals surface area contributed by atoms with Gasteiger partial charge in [0.25, 0.3) is 0 Å². The molecule has 1 aromatic rings. The van der Waals surface area contributed by atoms with Gasteiger partial charge in [-0.05, 0) is 81.3 Å². The lowest BCUT2D eigenvalue weighted by Crippen LogP contribution is -2.54. The van der Waals surface area contributed by atoms with E-state index >= 15 is 0 Å². The molecule has 4 saturated carbocycles. The first-order valence-corrected chi connectivity index (χ1v) is 9.59. The molecule has 2 N–H and O–H groups in total. The zero-order valence-electron chi connectivity index (χ0n) is 15.2. The fourth-order valence-electron chi connectivity index (χ4n) is 5.93. The van der Waals surface area contributed by atoms with Crippen LogP contribution in [0.15, 0.2) is 18.2 Å². The molecule has 25 heavy (non-hydrogen) atoms. The summed E-state index contributed by atoms with van der Waals surface area (Å²) < 4.78 is 0. The van der Waals surface area contributed by atoms with Gasteiger partial charge < -0.3 is 10.6 Å². The molecular weight excluding hydrogens is 312 g/mol. The van der Waals surface area contributed by atoms with Crippen LogP contribution in [0.4, 0.5) is 5.69 Å². The highest BCUT2D eigenvalue weighted by Crippen LogP contribution is 2.60. The summed E-state index contributed by atoms with van der Waals surface area (Å²) in [5.41, 5.74) is 2.76. The monoisotopic (exact) mass is 340 g/mol. The molecule has 0 heterocycles. The summed E-state index contributed by atoms with van der Waals surface area (Å²) in [5, 5.41) is 5.90. The number of rotatable bonds is 4. The summed E-state index contributed by atoms with van der Waals surface area (Å²) in [6, 6.07) is 5.95. The van der Waals surface area contributed by atoms with E-state index in [1.807, 2.05) is 32.0 Å². The third-order valence-corrected chi connectivity index (χ3v) is 6.67. The Kier molecular flexibility index (Phi) is 4.09. The van der Waals surface area contributed by atoms with Gasteiger partial charge in [0.2, 0.25) is 11.8 Å². The molecule has 0 unspecified atom stereocenters. The van der Waals surface area contributed by atoms with Crippen LogP contribution in [-0.2, 0) is 9.59 Å². The highest BCUT2D eigenvalue weighted by Gasteiger charge is 2.54. The van der Waals surface area contributed by atoms with E-state index in [9.17, 15) is 9.59 Å². The molecule has 0 aromatic heterocycles. The van der Waals surface area contributed by atoms with E-state index in [1.165, 1.54) is 19.3 Å². The van der Waals surface area contributed by atoms with Gasteiger partial charge in [-0.25, -0.2) is 0 Å². The van der Waals surface area contributed by atoms with Crippen LogP contribution < -0.4 is 10.6 Å². The molecule has 134 valence electrons. The summed E-state index contributed by atoms with van der Waals surface area (Å²) in [4.78, 5) is 25.2. The van der Waals surface area contributed by atoms with Crippen LogP contribution in [0.25, 0.3) is 0 Å². The number of hydrogen-bond donors (Lipinski definition) is 2. The maximum Gasteiger partial charge on any atom is 0.243 e. The molecule has 1 aromatic carbocycles. The lowest BCUT2D eigenvalue weighted by Gasteiger charge is -2.55. The second kappa shape index (κ2) is 6.15. The maximum atomic E-state index is 12.9. The van der Waals surface area contributed by atoms with E-state index in [4.69, 9.17) is 0 Å². The molecule has 0 saturated heterocycles. The van der Waals surface area contributed by atoms with E-state index in [-0.39, 0.29) is 23.8 Å². The summed E-state index contributed by atoms with van der Waals surface area (Å²) in [7, 11) is 0. The molecule has 4 aliphatic rings. The molecule has 2 amide bonds. The van der Waals surface area contributed by atoms with E-state index in [0.717, 1.165) is 53.8 Å². The molecule has 0 spiro atoms. The van der Waals surface area contributed by atoms with Crippen molar-refractivity contribution in [3.8, 4) is 0 Å². The smallest absolute Gasteiger partial charge is 0.243 e. The van der Waals surface area contributed by atoms with Gasteiger partial charge in [-0.2, -0.15) is 0 Å². The van der Waals surface area contributed by atoms with E-state index in [1.54, 1.807) is 0 Å². The third kappa shape index (κ3) is 3.07. The summed E-state index contributed by atoms with van der Waals surface area (Å²) >= 11 is 0. The predicted molar refractivity (Wildman–Crippen MR) is 98.2 cm³/mol. The third-order valence-electron chi connectivity index (χ3n) is 6.67. The van der Waals surface area contributed by atoms with Gasteiger partial charge in [0.15, 0.2) is 0 Å². The number of aryl methyl sites for hydroxylation is 2. The average molecular weight is 340 g/mol. The van der Waals surface area contributed by atoms with Crippen molar-refractivity contribution in [2.75, 3.05) is 11.9 Å². The Labute approximate surface area is 149 Å². The fraction of sp³-hybridized carbons (Fsp3) is 0.619. The van der Waals surface area contributed by atoms with Gasteiger partial charge in [0.05, 0.1) is 6.54 Å². The maximum absolute atomic E-state index is 12.9. The average Bonchev–Trinajstić information content (AvgIpc) is 2.55. The van der Waals surface area contributed by atoms with Gasteiger partial charge in [-0.3, -0.25) is 9.59 Å². The second-order valence-corrected chi connectivity index (χ2v) is 8.70. The highest BCUT2D eigenvalue weighted by molar-refractivity contribution is 5.96. The van der Waals surface area contributed by atoms with Crippen molar-refractivity contribution in [3.63, 3.8) is 0 Å². The second-order valence-electron chi connectivity index (χ2n) is 8.70. The number of carbonyl (C=O) groups excluding carboxylic acids is 2. The number of carbonyl (C=O) groups is 2. The Morgan fingerprint density at radius 1 is 1.00 bits per heavy atom. The summed E-state index contributed by atoms with van der Waals surface area (Å²) in [5.74, 6) is 2.18. The van der Waals surface area contributed by atoms with Crippen LogP contribution in [-0.4, -0.2) is 18.4 Å². The number of anilines is 1. The minimum atomic E-state index is -0.187. The van der Waals surface area contributed by atoms with Crippen molar-refractivity contribution in [3.05, 3.63) is 29.3 Å². The molecule has 4 heteroatoms. The van der Waals surface area contributed by atoms with Gasteiger partial charge >= 0.3 is 0 Å². The Bertz CT molecular complexity index is 654. The quantitative estimate of drug-likeness (QED) is 0.880. The Morgan fingerprint density at radius 2 is 1.52 bits per heavy atom. The first kappa shape index (κ1) is 16.6. The van der Waals surface area contributed by atoms with Crippen LogP contribution in [0.5, 0.6) is 0 Å². The molecule has 0 atom stereocenters. The van der Waals surface area contributed by atoms with Crippen molar-refractivity contribution in [2.24, 2.45) is 23.2 Å². The Hall–Kier alpha value is -1.84. The molecular formula is C21H28N2O2. The number of nitrogens with one attached hydrogen (secondary N) is 2. The highest BCUT2D eigenvalue weighted by atomic mass is 16.2. The van der Waals surface area contributed by atoms with Crippen LogP contribution in [0.1, 0.15) is 49.7 Å². The van der Waals surface area contributed by atoms with Crippen LogP contribution >= 0.6 is 0 Å². The SMILES string of the molecule is Cc1cccc(C)c1NC(=O)CNC(=O)C12CC3CC(CC(C3)C1)C2. The number of amides is 2. The predicted octanol–water partition coefficient (Wildman–Crippen LogP) is 3.57. The van der Waals surface area contributed by atoms with E-state index < -0.39 is 0 Å². The topological polar surface area (TPSA) is 58.2 Å². The lowest BCUT2D eigenvalue weighted by atomic mass is 9.49. The van der Waals surface area contributed by atoms with Gasteiger partial charge in [-0.15, -0.1) is 0 Å². The Balaban J connectivity index is 1.37. The van der Waals surface area contributed by atoms with E-state index in [0.29, 0.717) is 0 Å². The van der Waals surface area contributed by atoms with Crippen molar-refractivity contribution in [1.29, 1.82) is 0 Å². The molecule has 4 fully saturated rings.